The lowest BCUT2D eigenvalue weighted by atomic mass is 10.1. The average molecular weight is 615 g/mol. The molecule has 47 heavy (non-hydrogen) atoms. The van der Waals surface area contributed by atoms with Crippen molar-refractivity contribution in [2.24, 2.45) is 15.9 Å². The number of benzene rings is 5. The third-order valence-corrected chi connectivity index (χ3v) is 8.50. The van der Waals surface area contributed by atoms with Crippen molar-refractivity contribution in [2.45, 2.75) is 12.5 Å². The molecular weight excluding hydrogens is 587 g/mol. The summed E-state index contributed by atoms with van der Waals surface area (Å²) in [6, 6.07) is 39.1. The number of aromatic nitrogens is 2. The van der Waals surface area contributed by atoms with Crippen LogP contribution in [0, 0.1) is 17.1 Å². The molecule has 0 aliphatic heterocycles. The van der Waals surface area contributed by atoms with Crippen LogP contribution in [0.4, 0.5) is 4.39 Å². The summed E-state index contributed by atoms with van der Waals surface area (Å²) in [6.07, 6.45) is 5.36. The maximum absolute atomic E-state index is 14.0. The highest BCUT2D eigenvalue weighted by Crippen LogP contribution is 2.40. The van der Waals surface area contributed by atoms with Crippen molar-refractivity contribution in [3.05, 3.63) is 150 Å². The van der Waals surface area contributed by atoms with Crippen LogP contribution in [0.25, 0.3) is 49.3 Å². The van der Waals surface area contributed by atoms with Gasteiger partial charge in [0.25, 0.3) is 0 Å². The Morgan fingerprint density at radius 3 is 2.15 bits per heavy atom. The molecule has 7 aromatic rings. The average Bonchev–Trinajstić information content (AvgIpc) is 3.64. The second-order valence-electron chi connectivity index (χ2n) is 11.3. The summed E-state index contributed by atoms with van der Waals surface area (Å²) in [5, 5.41) is 17.9. The normalized spacial score (nSPS) is 15.4. The fraction of sp³-hybridized carbons (Fsp3) is 0.0513. The fourth-order valence-electron chi connectivity index (χ4n) is 6.36. The van der Waals surface area contributed by atoms with Gasteiger partial charge < -0.3 is 15.1 Å². The van der Waals surface area contributed by atoms with Crippen molar-refractivity contribution in [3.63, 3.8) is 0 Å². The van der Waals surface area contributed by atoms with Gasteiger partial charge in [-0.3, -0.25) is 4.57 Å². The van der Waals surface area contributed by atoms with Crippen LogP contribution in [0.2, 0.25) is 0 Å². The van der Waals surface area contributed by atoms with Crippen LogP contribution in [0.5, 0.6) is 0 Å². The molecule has 0 saturated carbocycles. The van der Waals surface area contributed by atoms with Crippen molar-refractivity contribution in [1.82, 2.24) is 9.13 Å². The molecule has 1 unspecified atom stereocenters. The van der Waals surface area contributed by atoms with Crippen molar-refractivity contribution in [2.75, 3.05) is 0 Å². The van der Waals surface area contributed by atoms with Crippen molar-refractivity contribution >= 4 is 55.4 Å². The number of nitrogens with zero attached hydrogens (tertiary/aromatic N) is 5. The molecule has 5 aromatic carbocycles. The molecule has 1 aliphatic carbocycles. The Morgan fingerprint density at radius 1 is 0.787 bits per heavy atom. The Labute approximate surface area is 269 Å². The van der Waals surface area contributed by atoms with E-state index in [0.29, 0.717) is 17.6 Å². The second kappa shape index (κ2) is 11.5. The zero-order valence-electron chi connectivity index (χ0n) is 25.1. The molecule has 0 radical (unpaired) electrons. The SMILES string of the molecule is N#CC1=CCC(O/N=C(\N=C(N)n2c3ccccc3c3ccc4c5ccccc5n(-c5ccccc5)c4c32)c2ccc(F)cc2)C=C1. The van der Waals surface area contributed by atoms with Gasteiger partial charge >= 0.3 is 0 Å². The zero-order valence-corrected chi connectivity index (χ0v) is 25.1. The van der Waals surface area contributed by atoms with Crippen LogP contribution in [0.15, 0.2) is 149 Å². The first-order valence-corrected chi connectivity index (χ1v) is 15.2. The Hall–Kier alpha value is -6.46. The van der Waals surface area contributed by atoms with E-state index < -0.39 is 6.10 Å². The number of allylic oxidation sites excluding steroid dienone is 2. The van der Waals surface area contributed by atoms with Crippen LogP contribution in [-0.2, 0) is 4.84 Å². The molecule has 0 saturated heterocycles. The summed E-state index contributed by atoms with van der Waals surface area (Å²) in [5.41, 5.74) is 13.0. The quantitative estimate of drug-likeness (QED) is 0.123. The highest BCUT2D eigenvalue weighted by Gasteiger charge is 2.22. The smallest absolute Gasteiger partial charge is 0.207 e. The van der Waals surface area contributed by atoms with E-state index in [1.807, 2.05) is 47.0 Å². The minimum Gasteiger partial charge on any atom is -0.386 e. The molecule has 7 nitrogen and oxygen atoms in total. The lowest BCUT2D eigenvalue weighted by Gasteiger charge is -2.14. The number of rotatable bonds is 4. The molecule has 0 spiro atoms. The lowest BCUT2D eigenvalue weighted by molar-refractivity contribution is 0.0936. The number of halogens is 1. The van der Waals surface area contributed by atoms with Gasteiger partial charge in [-0.1, -0.05) is 78.0 Å². The summed E-state index contributed by atoms with van der Waals surface area (Å²) in [6.45, 7) is 0. The van der Waals surface area contributed by atoms with Crippen molar-refractivity contribution < 1.29 is 9.23 Å². The fourth-order valence-corrected chi connectivity index (χ4v) is 6.36. The number of aliphatic imine (C=N–C) groups is 1. The van der Waals surface area contributed by atoms with E-state index in [9.17, 15) is 9.65 Å². The largest absolute Gasteiger partial charge is 0.386 e. The molecule has 2 aromatic heterocycles. The first-order chi connectivity index (χ1) is 23.1. The van der Waals surface area contributed by atoms with Gasteiger partial charge in [-0.2, -0.15) is 10.3 Å². The van der Waals surface area contributed by atoms with Crippen LogP contribution in [0.3, 0.4) is 0 Å². The number of nitrogens with two attached hydrogens (primary N) is 1. The van der Waals surface area contributed by atoms with E-state index in [1.54, 1.807) is 30.4 Å². The number of amidine groups is 1. The van der Waals surface area contributed by atoms with Crippen LogP contribution < -0.4 is 5.73 Å². The van der Waals surface area contributed by atoms with Gasteiger partial charge in [0.15, 0.2) is 0 Å². The van der Waals surface area contributed by atoms with Crippen LogP contribution in [0.1, 0.15) is 12.0 Å². The molecule has 2 N–H and O–H groups in total. The molecule has 1 aliphatic rings. The number of hydrogen-bond donors (Lipinski definition) is 1. The zero-order chi connectivity index (χ0) is 31.9. The van der Waals surface area contributed by atoms with Crippen LogP contribution in [-0.4, -0.2) is 27.0 Å². The van der Waals surface area contributed by atoms with E-state index in [-0.39, 0.29) is 17.6 Å². The molecular formula is C39H27FN6O. The number of hydrogen-bond acceptors (Lipinski definition) is 3. The number of oxime groups is 1. The van der Waals surface area contributed by atoms with E-state index in [4.69, 9.17) is 15.6 Å². The second-order valence-corrected chi connectivity index (χ2v) is 11.3. The Bertz CT molecular complexity index is 2500. The molecule has 0 bridgehead atoms. The third kappa shape index (κ3) is 4.82. The number of para-hydroxylation sites is 3. The maximum Gasteiger partial charge on any atom is 0.207 e. The molecule has 1 atom stereocenters. The summed E-state index contributed by atoms with van der Waals surface area (Å²) in [7, 11) is 0. The Kier molecular flexibility index (Phi) is 6.85. The summed E-state index contributed by atoms with van der Waals surface area (Å²) >= 11 is 0. The molecule has 0 amide bonds. The van der Waals surface area contributed by atoms with Gasteiger partial charge in [0.1, 0.15) is 11.9 Å². The highest BCUT2D eigenvalue weighted by molar-refractivity contribution is 6.26. The number of fused-ring (bicyclic) bond motifs is 7. The van der Waals surface area contributed by atoms with Crippen molar-refractivity contribution in [1.29, 1.82) is 5.26 Å². The molecule has 0 fully saturated rings. The van der Waals surface area contributed by atoms with E-state index >= 15 is 0 Å². The van der Waals surface area contributed by atoms with Gasteiger partial charge in [0.2, 0.25) is 11.8 Å². The summed E-state index contributed by atoms with van der Waals surface area (Å²) in [5.74, 6) is -0.0207. The highest BCUT2D eigenvalue weighted by atomic mass is 19.1. The summed E-state index contributed by atoms with van der Waals surface area (Å²) < 4.78 is 18.2. The van der Waals surface area contributed by atoms with E-state index in [0.717, 1.165) is 49.3 Å². The Balaban J connectivity index is 1.39. The van der Waals surface area contributed by atoms with E-state index in [2.05, 4.69) is 64.3 Å². The minimum absolute atomic E-state index is 0.172. The Morgan fingerprint density at radius 2 is 1.45 bits per heavy atom. The summed E-state index contributed by atoms with van der Waals surface area (Å²) in [4.78, 5) is 10.7. The molecule has 226 valence electrons. The monoisotopic (exact) mass is 614 g/mol. The minimum atomic E-state index is -0.395. The van der Waals surface area contributed by atoms with Gasteiger partial charge in [0, 0.05) is 44.8 Å². The van der Waals surface area contributed by atoms with Crippen LogP contribution >= 0.6 is 0 Å². The predicted octanol–water partition coefficient (Wildman–Crippen LogP) is 8.35. The van der Waals surface area contributed by atoms with Crippen molar-refractivity contribution in [3.8, 4) is 11.8 Å². The van der Waals surface area contributed by atoms with Gasteiger partial charge in [0.05, 0.1) is 28.1 Å². The first-order valence-electron chi connectivity index (χ1n) is 15.2. The topological polar surface area (TPSA) is 93.6 Å². The first kappa shape index (κ1) is 28.0. The molecule has 2 heterocycles. The standard InChI is InChI=1S/C39H27FN6O/c40-27-18-16-26(17-19-27)38(44-47-29-20-14-25(24-41)15-21-29)43-39(42)46-35-13-7-5-11-31(35)33-23-22-32-30-10-4-6-12-34(30)45(36(32)37(33)46)28-8-2-1-3-9-28/h1-20,22-23,29H,21H2,(H2,42,43,44). The van der Waals surface area contributed by atoms with Gasteiger partial charge in [-0.15, -0.1) is 0 Å². The lowest BCUT2D eigenvalue weighted by Crippen LogP contribution is -2.24. The number of nitriles is 1. The van der Waals surface area contributed by atoms with Gasteiger partial charge in [-0.25, -0.2) is 4.39 Å². The molecule has 8 heteroatoms. The van der Waals surface area contributed by atoms with E-state index in [1.165, 1.54) is 12.1 Å². The maximum atomic E-state index is 14.0. The third-order valence-electron chi connectivity index (χ3n) is 8.50. The molecule has 8 rings (SSSR count). The van der Waals surface area contributed by atoms with Gasteiger partial charge in [-0.05, 0) is 60.7 Å². The predicted molar refractivity (Wildman–Crippen MR) is 186 cm³/mol.